The highest BCUT2D eigenvalue weighted by molar-refractivity contribution is 7.89. The number of hydrogen-bond donors (Lipinski definition) is 1. The van der Waals surface area contributed by atoms with E-state index in [1.165, 1.54) is 5.69 Å². The molecule has 2 aliphatic heterocycles. The number of nitrogens with two attached hydrogens (primary N) is 1. The smallest absolute Gasteiger partial charge is 0.227 e. The van der Waals surface area contributed by atoms with Crippen molar-refractivity contribution in [2.45, 2.75) is 26.3 Å². The van der Waals surface area contributed by atoms with Crippen LogP contribution in [0.15, 0.2) is 12.5 Å². The van der Waals surface area contributed by atoms with Gasteiger partial charge in [-0.15, -0.1) is 0 Å². The van der Waals surface area contributed by atoms with E-state index in [1.807, 2.05) is 22.6 Å². The molecule has 0 bridgehead atoms. The first-order chi connectivity index (χ1) is 10.3. The van der Waals surface area contributed by atoms with E-state index in [9.17, 15) is 13.2 Å². The van der Waals surface area contributed by atoms with Crippen LogP contribution in [0.1, 0.15) is 19.0 Å². The van der Waals surface area contributed by atoms with Crippen molar-refractivity contribution in [3.05, 3.63) is 18.2 Å². The van der Waals surface area contributed by atoms with Crippen molar-refractivity contribution in [3.63, 3.8) is 0 Å². The van der Waals surface area contributed by atoms with Crippen LogP contribution in [0.3, 0.4) is 0 Å². The second kappa shape index (κ2) is 5.66. The van der Waals surface area contributed by atoms with Gasteiger partial charge in [-0.05, 0) is 24.7 Å². The molecule has 1 unspecified atom stereocenters. The Balaban J connectivity index is 1.64. The van der Waals surface area contributed by atoms with Crippen LogP contribution in [0.2, 0.25) is 0 Å². The van der Waals surface area contributed by atoms with E-state index < -0.39 is 10.0 Å². The van der Waals surface area contributed by atoms with E-state index in [-0.39, 0.29) is 29.4 Å². The molecule has 7 nitrogen and oxygen atoms in total. The second-order valence-corrected chi connectivity index (χ2v) is 8.24. The number of rotatable bonds is 3. The Bertz CT molecular complexity index is 669. The normalized spacial score (nSPS) is 28.6. The molecule has 1 aromatic heterocycles. The highest BCUT2D eigenvalue weighted by Gasteiger charge is 2.37. The summed E-state index contributed by atoms with van der Waals surface area (Å²) in [5.74, 6) is 0.139. The number of carbonyl (C=O) groups excluding carboxylic acids is 1. The Labute approximate surface area is 130 Å². The third-order valence-corrected chi connectivity index (χ3v) is 5.73. The van der Waals surface area contributed by atoms with Crippen LogP contribution in [-0.4, -0.2) is 47.6 Å². The van der Waals surface area contributed by atoms with Crippen molar-refractivity contribution < 1.29 is 13.2 Å². The number of imidazole rings is 1. The number of sulfonamides is 1. The van der Waals surface area contributed by atoms with Gasteiger partial charge in [-0.25, -0.2) is 18.5 Å². The molecule has 3 rings (SSSR count). The number of hydrogen-bond acceptors (Lipinski definition) is 4. The highest BCUT2D eigenvalue weighted by Crippen LogP contribution is 2.28. The van der Waals surface area contributed by atoms with Gasteiger partial charge in [-0.3, -0.25) is 4.79 Å². The average molecular weight is 326 g/mol. The zero-order chi connectivity index (χ0) is 15.9. The summed E-state index contributed by atoms with van der Waals surface area (Å²) in [7, 11) is -3.50. The molecule has 1 fully saturated rings. The first-order valence-electron chi connectivity index (χ1n) is 7.62. The predicted octanol–water partition coefficient (Wildman–Crippen LogP) is -0.171. The number of fused-ring (bicyclic) bond motifs is 1. The summed E-state index contributed by atoms with van der Waals surface area (Å²) < 4.78 is 24.6. The van der Waals surface area contributed by atoms with Gasteiger partial charge in [0.2, 0.25) is 15.9 Å². The molecule has 3 atom stereocenters. The zero-order valence-electron chi connectivity index (χ0n) is 12.7. The molecule has 1 amide bonds. The van der Waals surface area contributed by atoms with E-state index in [2.05, 4.69) is 4.98 Å². The summed E-state index contributed by atoms with van der Waals surface area (Å²) in [4.78, 5) is 18.6. The number of carbonyl (C=O) groups is 1. The van der Waals surface area contributed by atoms with Gasteiger partial charge in [0.25, 0.3) is 0 Å². The van der Waals surface area contributed by atoms with Crippen molar-refractivity contribution in [1.82, 2.24) is 14.5 Å². The summed E-state index contributed by atoms with van der Waals surface area (Å²) in [6.45, 7) is 3.76. The molecule has 0 aromatic carbocycles. The van der Waals surface area contributed by atoms with Gasteiger partial charge in [-0.2, -0.15) is 0 Å². The van der Waals surface area contributed by atoms with Gasteiger partial charge in [-0.1, -0.05) is 6.92 Å². The van der Waals surface area contributed by atoms with Gasteiger partial charge >= 0.3 is 0 Å². The van der Waals surface area contributed by atoms with E-state index in [4.69, 9.17) is 5.14 Å². The van der Waals surface area contributed by atoms with Gasteiger partial charge < -0.3 is 9.47 Å². The summed E-state index contributed by atoms with van der Waals surface area (Å²) in [5.41, 5.74) is 1.17. The minimum absolute atomic E-state index is 0.0397. The monoisotopic (exact) mass is 326 g/mol. The van der Waals surface area contributed by atoms with Crippen LogP contribution in [-0.2, 0) is 27.8 Å². The van der Waals surface area contributed by atoms with Gasteiger partial charge in [0.05, 0.1) is 18.0 Å². The third kappa shape index (κ3) is 3.17. The lowest BCUT2D eigenvalue weighted by Gasteiger charge is -2.27. The topological polar surface area (TPSA) is 98.3 Å². The van der Waals surface area contributed by atoms with Crippen LogP contribution in [0.5, 0.6) is 0 Å². The number of nitrogens with zero attached hydrogens (tertiary/aromatic N) is 3. The fourth-order valence-electron chi connectivity index (χ4n) is 3.56. The maximum atomic E-state index is 12.7. The van der Waals surface area contributed by atoms with Crippen molar-refractivity contribution in [3.8, 4) is 0 Å². The molecule has 0 spiro atoms. The minimum Gasteiger partial charge on any atom is -0.342 e. The maximum Gasteiger partial charge on any atom is 0.227 e. The lowest BCUT2D eigenvalue weighted by molar-refractivity contribution is -0.135. The quantitative estimate of drug-likeness (QED) is 0.833. The fraction of sp³-hybridized carbons (Fsp3) is 0.714. The molecule has 2 aliphatic rings. The molecular weight excluding hydrogens is 304 g/mol. The van der Waals surface area contributed by atoms with Crippen LogP contribution < -0.4 is 5.14 Å². The Kier molecular flexibility index (Phi) is 3.98. The van der Waals surface area contributed by atoms with Gasteiger partial charge in [0, 0.05) is 31.5 Å². The number of aryl methyl sites for hydroxylation is 1. The third-order valence-electron chi connectivity index (χ3n) is 4.84. The van der Waals surface area contributed by atoms with Crippen LogP contribution >= 0.6 is 0 Å². The van der Waals surface area contributed by atoms with Crippen LogP contribution in [0.25, 0.3) is 0 Å². The van der Waals surface area contributed by atoms with E-state index >= 15 is 0 Å². The summed E-state index contributed by atoms with van der Waals surface area (Å²) in [5, 5.41) is 5.14. The van der Waals surface area contributed by atoms with E-state index in [0.29, 0.717) is 19.6 Å². The fourth-order valence-corrected chi connectivity index (χ4v) is 4.59. The van der Waals surface area contributed by atoms with Crippen molar-refractivity contribution in [2.24, 2.45) is 22.9 Å². The minimum atomic E-state index is -3.50. The standard InChI is InChI=1S/C14H22N4O3S/c1-10-5-17(7-12(10)8-22(15,20)21)14(19)11-2-3-13-4-16-9-18(13)6-11/h4,9-12H,2-3,5-8H2,1H3,(H2,15,20,21)/t10-,11?,12+/m1/s1. The molecule has 2 N–H and O–H groups in total. The Hall–Kier alpha value is -1.41. The Morgan fingerprint density at radius 2 is 2.18 bits per heavy atom. The van der Waals surface area contributed by atoms with Crippen LogP contribution in [0.4, 0.5) is 0 Å². The molecule has 1 saturated heterocycles. The average Bonchev–Trinajstić information content (AvgIpc) is 3.03. The molecule has 0 aliphatic carbocycles. The number of likely N-dealkylation sites (tertiary alicyclic amines) is 1. The molecule has 122 valence electrons. The molecule has 3 heterocycles. The largest absolute Gasteiger partial charge is 0.342 e. The van der Waals surface area contributed by atoms with Crippen molar-refractivity contribution >= 4 is 15.9 Å². The highest BCUT2D eigenvalue weighted by atomic mass is 32.2. The summed E-state index contributed by atoms with van der Waals surface area (Å²) in [6.07, 6.45) is 5.31. The lowest BCUT2D eigenvalue weighted by Crippen LogP contribution is -2.38. The predicted molar refractivity (Wildman–Crippen MR) is 81.2 cm³/mol. The summed E-state index contributed by atoms with van der Waals surface area (Å²) in [6, 6.07) is 0. The van der Waals surface area contributed by atoms with E-state index in [1.54, 1.807) is 6.33 Å². The zero-order valence-corrected chi connectivity index (χ0v) is 13.5. The molecule has 22 heavy (non-hydrogen) atoms. The van der Waals surface area contributed by atoms with Crippen molar-refractivity contribution in [2.75, 3.05) is 18.8 Å². The SMILES string of the molecule is C[C@@H]1CN(C(=O)C2CCc3cncn3C2)C[C@H]1CS(N)(=O)=O. The molecule has 0 radical (unpaired) electrons. The van der Waals surface area contributed by atoms with Crippen LogP contribution in [0, 0.1) is 17.8 Å². The molecule has 8 heteroatoms. The van der Waals surface area contributed by atoms with Gasteiger partial charge in [0.1, 0.15) is 0 Å². The van der Waals surface area contributed by atoms with Gasteiger partial charge in [0.15, 0.2) is 0 Å². The first kappa shape index (κ1) is 15.5. The van der Waals surface area contributed by atoms with Crippen molar-refractivity contribution in [1.29, 1.82) is 0 Å². The maximum absolute atomic E-state index is 12.7. The number of amides is 1. The number of aromatic nitrogens is 2. The molecule has 0 saturated carbocycles. The molecular formula is C14H22N4O3S. The Morgan fingerprint density at radius 3 is 2.91 bits per heavy atom. The Morgan fingerprint density at radius 1 is 1.41 bits per heavy atom. The van der Waals surface area contributed by atoms with E-state index in [0.717, 1.165) is 12.8 Å². The summed E-state index contributed by atoms with van der Waals surface area (Å²) >= 11 is 0. The second-order valence-electron chi connectivity index (χ2n) is 6.58. The lowest BCUT2D eigenvalue weighted by atomic mass is 9.97. The molecule has 1 aromatic rings. The number of primary sulfonamides is 1. The first-order valence-corrected chi connectivity index (χ1v) is 9.33.